The molecule has 0 fully saturated rings. The summed E-state index contributed by atoms with van der Waals surface area (Å²) in [6, 6.07) is 0. The van der Waals surface area contributed by atoms with Gasteiger partial charge < -0.3 is 0 Å². The van der Waals surface area contributed by atoms with E-state index < -0.39 is 0 Å². The fourth-order valence-electron chi connectivity index (χ4n) is 0.973. The second kappa shape index (κ2) is 7.51. The van der Waals surface area contributed by atoms with Gasteiger partial charge in [-0.1, -0.05) is 32.1 Å². The average molecular weight is 209 g/mol. The van der Waals surface area contributed by atoms with Gasteiger partial charge in [0.1, 0.15) is 0 Å². The van der Waals surface area contributed by atoms with Crippen LogP contribution in [-0.2, 0) is 0 Å². The van der Waals surface area contributed by atoms with Crippen LogP contribution in [0.1, 0.15) is 32.7 Å². The van der Waals surface area contributed by atoms with Crippen LogP contribution in [-0.4, -0.2) is 4.98 Å². The lowest BCUT2D eigenvalue weighted by molar-refractivity contribution is 1.23. The van der Waals surface area contributed by atoms with E-state index in [-0.39, 0.29) is 0 Å². The molecule has 0 unspecified atom stereocenters. The van der Waals surface area contributed by atoms with Crippen molar-refractivity contribution in [3.63, 3.8) is 0 Å². The Bertz CT molecular complexity index is 385. The summed E-state index contributed by atoms with van der Waals surface area (Å²) in [5.74, 6) is 0. The third kappa shape index (κ3) is 3.88. The van der Waals surface area contributed by atoms with Crippen molar-refractivity contribution in [3.8, 4) is 0 Å². The van der Waals surface area contributed by atoms with Gasteiger partial charge in [-0.25, -0.2) is 4.98 Å². The minimum Gasteiger partial charge on any atom is -0.242 e. The third-order valence-corrected chi connectivity index (χ3v) is 2.55. The largest absolute Gasteiger partial charge is 0.242 e. The summed E-state index contributed by atoms with van der Waals surface area (Å²) in [6.07, 6.45) is 8.16. The van der Waals surface area contributed by atoms with Crippen molar-refractivity contribution >= 4 is 23.5 Å². The van der Waals surface area contributed by atoms with E-state index in [1.807, 2.05) is 52.8 Å². The smallest absolute Gasteiger partial charge is 0.0907 e. The number of aromatic nitrogens is 1. The first-order valence-electron chi connectivity index (χ1n) is 5.00. The molecule has 1 aromatic rings. The first-order valence-corrected chi connectivity index (χ1v) is 5.82. The summed E-state index contributed by atoms with van der Waals surface area (Å²) in [4.78, 5) is 4.40. The zero-order valence-electron chi connectivity index (χ0n) is 9.66. The molecule has 1 nitrogen and oxygen atoms in total. The lowest BCUT2D eigenvalue weighted by Crippen LogP contribution is -2.19. The molecule has 0 aromatic carbocycles. The molecule has 1 rings (SSSR count). The molecule has 1 aromatic heterocycles. The Labute approximate surface area is 90.5 Å². The molecule has 0 amide bonds. The van der Waals surface area contributed by atoms with E-state index in [4.69, 9.17) is 0 Å². The van der Waals surface area contributed by atoms with Crippen molar-refractivity contribution < 1.29 is 0 Å². The van der Waals surface area contributed by atoms with Gasteiger partial charge in [0, 0.05) is 0 Å². The monoisotopic (exact) mass is 209 g/mol. The van der Waals surface area contributed by atoms with E-state index in [1.54, 1.807) is 11.3 Å². The molecular formula is C12H19NS. The Balaban J connectivity index is 0.000000791. The molecule has 0 aliphatic rings. The van der Waals surface area contributed by atoms with E-state index in [2.05, 4.69) is 11.1 Å². The maximum Gasteiger partial charge on any atom is 0.0907 e. The molecule has 0 atom stereocenters. The predicted molar refractivity (Wildman–Crippen MR) is 66.9 cm³/mol. The highest BCUT2D eigenvalue weighted by Crippen LogP contribution is 1.90. The number of allylic oxidation sites excluding steroid dienone is 2. The molecule has 0 saturated carbocycles. The van der Waals surface area contributed by atoms with Crippen molar-refractivity contribution in [2.45, 2.75) is 34.6 Å². The van der Waals surface area contributed by atoms with E-state index in [0.29, 0.717) is 0 Å². The van der Waals surface area contributed by atoms with Gasteiger partial charge >= 0.3 is 0 Å². The molecule has 14 heavy (non-hydrogen) atoms. The zero-order valence-corrected chi connectivity index (χ0v) is 10.5. The summed E-state index contributed by atoms with van der Waals surface area (Å²) in [5.41, 5.74) is 0. The Morgan fingerprint density at radius 1 is 1.21 bits per heavy atom. The minimum absolute atomic E-state index is 1.08. The fourth-order valence-corrected chi connectivity index (χ4v) is 1.77. The molecular weight excluding hydrogens is 190 g/mol. The molecule has 0 saturated heterocycles. The standard InChI is InChI=1S/C10H13NS.C2H6/c1-4-6-7-9-10(5-2)12-8(3)11-9;1-2/h4-7H,1-3H3;1-2H3/b6-4-,9-7+,10-5+;. The van der Waals surface area contributed by atoms with Crippen molar-refractivity contribution in [1.82, 2.24) is 4.98 Å². The van der Waals surface area contributed by atoms with Crippen LogP contribution in [0.2, 0.25) is 0 Å². The second-order valence-corrected chi connectivity index (χ2v) is 3.70. The molecule has 0 N–H and O–H groups in total. The molecule has 0 radical (unpaired) electrons. The molecule has 1 heterocycles. The van der Waals surface area contributed by atoms with Gasteiger partial charge in [0.25, 0.3) is 0 Å². The number of hydrogen-bond donors (Lipinski definition) is 0. The summed E-state index contributed by atoms with van der Waals surface area (Å²) in [7, 11) is 0. The predicted octanol–water partition coefficient (Wildman–Crippen LogP) is 2.63. The van der Waals surface area contributed by atoms with Crippen LogP contribution in [0.25, 0.3) is 12.2 Å². The molecule has 78 valence electrons. The van der Waals surface area contributed by atoms with Crippen LogP contribution in [0.15, 0.2) is 12.2 Å². The van der Waals surface area contributed by atoms with Crippen molar-refractivity contribution in [2.24, 2.45) is 0 Å². The van der Waals surface area contributed by atoms with Gasteiger partial charge in [0.2, 0.25) is 0 Å². The van der Waals surface area contributed by atoms with Gasteiger partial charge in [0.15, 0.2) is 0 Å². The van der Waals surface area contributed by atoms with Crippen LogP contribution in [0.4, 0.5) is 0 Å². The SMILES string of the molecule is CC.C\C=C/C=c1/nc(C)s/c1=C/C. The fraction of sp³-hybridized carbons (Fsp3) is 0.417. The van der Waals surface area contributed by atoms with Crippen LogP contribution >= 0.6 is 11.3 Å². The van der Waals surface area contributed by atoms with E-state index in [1.165, 1.54) is 4.53 Å². The number of rotatable bonds is 1. The summed E-state index contributed by atoms with van der Waals surface area (Å²) in [5, 5.41) is 2.21. The molecule has 0 bridgehead atoms. The highest BCUT2D eigenvalue weighted by Gasteiger charge is 1.90. The lowest BCUT2D eigenvalue weighted by Gasteiger charge is -1.73. The third-order valence-electron chi connectivity index (χ3n) is 1.50. The summed E-state index contributed by atoms with van der Waals surface area (Å²) >= 11 is 1.73. The quantitative estimate of drug-likeness (QED) is 0.693. The van der Waals surface area contributed by atoms with Gasteiger partial charge in [0.05, 0.1) is 14.9 Å². The summed E-state index contributed by atoms with van der Waals surface area (Å²) < 4.78 is 1.26. The van der Waals surface area contributed by atoms with Gasteiger partial charge in [-0.15, -0.1) is 11.3 Å². The topological polar surface area (TPSA) is 12.9 Å². The normalized spacial score (nSPS) is 13.2. The number of thiazole rings is 1. The van der Waals surface area contributed by atoms with Crippen LogP contribution < -0.4 is 9.88 Å². The highest BCUT2D eigenvalue weighted by molar-refractivity contribution is 7.09. The van der Waals surface area contributed by atoms with Gasteiger partial charge in [-0.2, -0.15) is 0 Å². The number of aryl methyl sites for hydroxylation is 1. The molecule has 0 aliphatic carbocycles. The van der Waals surface area contributed by atoms with E-state index >= 15 is 0 Å². The first kappa shape index (κ1) is 13.1. The maximum atomic E-state index is 4.40. The number of hydrogen-bond acceptors (Lipinski definition) is 2. The lowest BCUT2D eigenvalue weighted by atomic mass is 10.4. The Kier molecular flexibility index (Phi) is 7.03. The Morgan fingerprint density at radius 3 is 2.36 bits per heavy atom. The van der Waals surface area contributed by atoms with Gasteiger partial charge in [-0.05, 0) is 26.8 Å². The molecule has 0 spiro atoms. The van der Waals surface area contributed by atoms with Gasteiger partial charge in [-0.3, -0.25) is 0 Å². The summed E-state index contributed by atoms with van der Waals surface area (Å²) in [6.45, 7) is 10.1. The highest BCUT2D eigenvalue weighted by atomic mass is 32.1. The molecule has 0 aliphatic heterocycles. The van der Waals surface area contributed by atoms with E-state index in [9.17, 15) is 0 Å². The second-order valence-electron chi connectivity index (χ2n) is 2.46. The van der Waals surface area contributed by atoms with Crippen molar-refractivity contribution in [1.29, 1.82) is 0 Å². The van der Waals surface area contributed by atoms with Crippen LogP contribution in [0.3, 0.4) is 0 Å². The Hall–Kier alpha value is -0.890. The minimum atomic E-state index is 1.08. The zero-order chi connectivity index (χ0) is 11.0. The van der Waals surface area contributed by atoms with Crippen LogP contribution in [0, 0.1) is 6.92 Å². The molecule has 2 heteroatoms. The number of nitrogens with zero attached hydrogens (tertiary/aromatic N) is 1. The van der Waals surface area contributed by atoms with Crippen molar-refractivity contribution in [3.05, 3.63) is 27.0 Å². The van der Waals surface area contributed by atoms with E-state index in [0.717, 1.165) is 10.4 Å². The first-order chi connectivity index (χ1) is 6.77. The van der Waals surface area contributed by atoms with Crippen LogP contribution in [0.5, 0.6) is 0 Å². The average Bonchev–Trinajstić information content (AvgIpc) is 2.59. The maximum absolute atomic E-state index is 4.40. The van der Waals surface area contributed by atoms with Crippen molar-refractivity contribution in [2.75, 3.05) is 0 Å². The Morgan fingerprint density at radius 2 is 1.86 bits per heavy atom.